The molecule has 0 amide bonds. The van der Waals surface area contributed by atoms with Gasteiger partial charge in [0.15, 0.2) is 5.78 Å². The fraction of sp³-hybridized carbons (Fsp3) is 0.333. The number of allylic oxidation sites excluding steroid dienone is 2. The Labute approximate surface area is 196 Å². The van der Waals surface area contributed by atoms with Gasteiger partial charge in [-0.15, -0.1) is 23.5 Å². The number of hydrogen-bond acceptors (Lipinski definition) is 5. The van der Waals surface area contributed by atoms with E-state index in [4.69, 9.17) is 4.74 Å². The molecule has 1 radical (unpaired) electrons. The number of thiophene rings is 1. The number of benzene rings is 1. The van der Waals surface area contributed by atoms with Gasteiger partial charge in [-0.1, -0.05) is 41.5 Å². The molecule has 2 heterocycles. The second kappa shape index (κ2) is 10.9. The SMILES string of the molecule is CC(C)(C)C(=O)/C=C(\O)C(C)(C)C.[Ir].[c-]1ccccc1Oc1nccc2sccc12. The molecule has 0 aliphatic rings. The smallest absolute Gasteiger partial charge is 0.225 e. The third-order valence-electron chi connectivity index (χ3n) is 4.01. The van der Waals surface area contributed by atoms with Crippen molar-refractivity contribution < 1.29 is 34.7 Å². The van der Waals surface area contributed by atoms with Crippen LogP contribution in [0.25, 0.3) is 10.1 Å². The number of fused-ring (bicyclic) bond motifs is 1. The zero-order valence-corrected chi connectivity index (χ0v) is 21.4. The van der Waals surface area contributed by atoms with Gasteiger partial charge in [0.25, 0.3) is 0 Å². The van der Waals surface area contributed by atoms with Gasteiger partial charge in [0.1, 0.15) is 5.76 Å². The van der Waals surface area contributed by atoms with Gasteiger partial charge in [-0.05, 0) is 17.5 Å². The van der Waals surface area contributed by atoms with E-state index in [2.05, 4.69) is 11.1 Å². The van der Waals surface area contributed by atoms with E-state index in [0.717, 1.165) is 5.39 Å². The topological polar surface area (TPSA) is 59.4 Å². The van der Waals surface area contributed by atoms with Crippen molar-refractivity contribution in [2.24, 2.45) is 10.8 Å². The summed E-state index contributed by atoms with van der Waals surface area (Å²) in [6.07, 6.45) is 3.09. The largest absolute Gasteiger partial charge is 0.512 e. The maximum absolute atomic E-state index is 11.5. The zero-order chi connectivity index (χ0) is 21.7. The van der Waals surface area contributed by atoms with E-state index in [1.807, 2.05) is 83.3 Å². The van der Waals surface area contributed by atoms with Gasteiger partial charge in [0, 0.05) is 53.7 Å². The summed E-state index contributed by atoms with van der Waals surface area (Å²) in [4.78, 5) is 15.7. The Hall–Kier alpha value is -2.01. The van der Waals surface area contributed by atoms with Crippen LogP contribution in [-0.4, -0.2) is 15.9 Å². The Morgan fingerprint density at radius 2 is 1.80 bits per heavy atom. The maximum Gasteiger partial charge on any atom is 0.225 e. The van der Waals surface area contributed by atoms with E-state index >= 15 is 0 Å². The van der Waals surface area contributed by atoms with Crippen LogP contribution in [0.2, 0.25) is 0 Å². The predicted octanol–water partition coefficient (Wildman–Crippen LogP) is 6.98. The predicted molar refractivity (Wildman–Crippen MR) is 120 cm³/mol. The number of rotatable bonds is 3. The van der Waals surface area contributed by atoms with Crippen LogP contribution >= 0.6 is 11.3 Å². The first-order valence-corrected chi connectivity index (χ1v) is 10.3. The number of aromatic nitrogens is 1. The van der Waals surface area contributed by atoms with Crippen molar-refractivity contribution in [3.8, 4) is 11.6 Å². The number of ether oxygens (including phenoxy) is 1. The van der Waals surface area contributed by atoms with Crippen LogP contribution in [0.1, 0.15) is 41.5 Å². The second-order valence-electron chi connectivity index (χ2n) is 8.67. The molecule has 0 spiro atoms. The summed E-state index contributed by atoms with van der Waals surface area (Å²) in [7, 11) is 0. The fourth-order valence-corrected chi connectivity index (χ4v) is 2.82. The van der Waals surface area contributed by atoms with Crippen LogP contribution in [0.4, 0.5) is 0 Å². The van der Waals surface area contributed by atoms with E-state index in [0.29, 0.717) is 11.6 Å². The van der Waals surface area contributed by atoms with Crippen LogP contribution in [0, 0.1) is 16.9 Å². The molecule has 163 valence electrons. The maximum atomic E-state index is 11.5. The van der Waals surface area contributed by atoms with E-state index < -0.39 is 5.41 Å². The number of nitrogens with zero attached hydrogens (tertiary/aromatic N) is 1. The van der Waals surface area contributed by atoms with E-state index in [1.54, 1.807) is 17.5 Å². The molecular weight excluding hydrogens is 575 g/mol. The van der Waals surface area contributed by atoms with Crippen LogP contribution in [0.5, 0.6) is 11.6 Å². The standard InChI is InChI=1S/C13H8NOS.C11H20O2.Ir/c1-2-4-10(5-3-1)15-13-11-7-9-16-12(11)6-8-14-13;1-10(2,3)8(12)7-9(13)11(4,5)6;/h1-4,6-9H;7,12H,1-6H3;/q-1;;/b;8-7-;. The summed E-state index contributed by atoms with van der Waals surface area (Å²) >= 11 is 1.68. The Morgan fingerprint density at radius 1 is 1.10 bits per heavy atom. The van der Waals surface area contributed by atoms with Gasteiger partial charge in [-0.2, -0.15) is 18.2 Å². The molecule has 0 saturated heterocycles. The van der Waals surface area contributed by atoms with E-state index in [9.17, 15) is 9.90 Å². The third kappa shape index (κ3) is 7.67. The van der Waals surface area contributed by atoms with Crippen molar-refractivity contribution in [2.45, 2.75) is 41.5 Å². The molecule has 0 aliphatic carbocycles. The molecule has 0 aliphatic heterocycles. The molecule has 0 saturated carbocycles. The molecule has 0 atom stereocenters. The minimum absolute atomic E-state index is 0. The number of ketones is 1. The summed E-state index contributed by atoms with van der Waals surface area (Å²) < 4.78 is 6.87. The van der Waals surface area contributed by atoms with Gasteiger partial charge in [0.2, 0.25) is 5.88 Å². The summed E-state index contributed by atoms with van der Waals surface area (Å²) in [6, 6.07) is 14.5. The Balaban J connectivity index is 0.000000299. The van der Waals surface area contributed by atoms with E-state index in [-0.39, 0.29) is 37.1 Å². The zero-order valence-electron chi connectivity index (χ0n) is 18.1. The van der Waals surface area contributed by atoms with Gasteiger partial charge < -0.3 is 9.84 Å². The van der Waals surface area contributed by atoms with Crippen LogP contribution in [-0.2, 0) is 24.9 Å². The monoisotopic (exact) mass is 603 g/mol. The fourth-order valence-electron chi connectivity index (χ4n) is 2.05. The number of aliphatic hydroxyl groups excluding tert-OH is 1. The molecule has 3 rings (SSSR count). The molecule has 0 fully saturated rings. The normalized spacial score (nSPS) is 11.9. The summed E-state index contributed by atoms with van der Waals surface area (Å²) in [5.74, 6) is 1.43. The summed E-state index contributed by atoms with van der Waals surface area (Å²) in [5, 5.41) is 12.6. The van der Waals surface area contributed by atoms with Crippen molar-refractivity contribution in [3.05, 3.63) is 65.9 Å². The first kappa shape index (κ1) is 26.0. The minimum Gasteiger partial charge on any atom is -0.512 e. The van der Waals surface area contributed by atoms with Gasteiger partial charge >= 0.3 is 0 Å². The average Bonchev–Trinajstić information content (AvgIpc) is 3.11. The molecule has 4 nitrogen and oxygen atoms in total. The average molecular weight is 603 g/mol. The van der Waals surface area contributed by atoms with Crippen molar-refractivity contribution in [3.63, 3.8) is 0 Å². The van der Waals surface area contributed by atoms with Gasteiger partial charge in [0.05, 0.1) is 5.39 Å². The minimum atomic E-state index is -0.417. The van der Waals surface area contributed by atoms with Crippen LogP contribution in [0.3, 0.4) is 0 Å². The molecule has 30 heavy (non-hydrogen) atoms. The molecule has 2 aromatic heterocycles. The quantitative estimate of drug-likeness (QED) is 0.200. The first-order valence-electron chi connectivity index (χ1n) is 9.41. The number of carbonyl (C=O) groups is 1. The van der Waals surface area contributed by atoms with Crippen molar-refractivity contribution in [1.29, 1.82) is 0 Å². The number of hydrogen-bond donors (Lipinski definition) is 1. The van der Waals surface area contributed by atoms with Crippen molar-refractivity contribution in [1.82, 2.24) is 4.98 Å². The second-order valence-corrected chi connectivity index (χ2v) is 9.62. The molecule has 1 N–H and O–H groups in total. The number of aliphatic hydroxyl groups is 1. The van der Waals surface area contributed by atoms with Gasteiger partial charge in [-0.25, -0.2) is 4.98 Å². The molecule has 0 bridgehead atoms. The van der Waals surface area contributed by atoms with Gasteiger partial charge in [-0.3, -0.25) is 4.79 Å². The van der Waals surface area contributed by atoms with Crippen molar-refractivity contribution >= 4 is 27.2 Å². The number of pyridine rings is 1. The van der Waals surface area contributed by atoms with E-state index in [1.165, 1.54) is 10.8 Å². The Kier molecular flexibility index (Phi) is 9.41. The molecule has 0 unspecified atom stereocenters. The molecular formula is C24H28IrNO3S-. The first-order chi connectivity index (χ1) is 13.5. The molecule has 1 aromatic carbocycles. The molecule has 6 heteroatoms. The molecule has 3 aromatic rings. The van der Waals surface area contributed by atoms with Crippen LogP contribution in [0.15, 0.2) is 59.8 Å². The number of para-hydroxylation sites is 1. The Bertz CT molecular complexity index is 983. The Morgan fingerprint density at radius 3 is 2.37 bits per heavy atom. The third-order valence-corrected chi connectivity index (χ3v) is 4.89. The summed E-state index contributed by atoms with van der Waals surface area (Å²) in [6.45, 7) is 11.1. The van der Waals surface area contributed by atoms with Crippen molar-refractivity contribution in [2.75, 3.05) is 0 Å². The summed E-state index contributed by atoms with van der Waals surface area (Å²) in [5.41, 5.74) is -0.764. The number of carbonyl (C=O) groups excluding carboxylic acids is 1. The van der Waals surface area contributed by atoms with Crippen LogP contribution < -0.4 is 4.74 Å².